The zero-order valence-electron chi connectivity index (χ0n) is 57.1. The summed E-state index contributed by atoms with van der Waals surface area (Å²) in [5, 5.41) is 15.2. The summed E-state index contributed by atoms with van der Waals surface area (Å²) in [6.07, 6.45) is 2.95. The average Bonchev–Trinajstić information content (AvgIpc) is 1.57. The van der Waals surface area contributed by atoms with E-state index >= 15 is 0 Å². The fraction of sp³-hybridized carbons (Fsp3) is 0.0722. The Labute approximate surface area is 593 Å². The van der Waals surface area contributed by atoms with Gasteiger partial charge in [0.1, 0.15) is 0 Å². The number of aromatic nitrogens is 2. The largest absolute Gasteiger partial charge is 0.309 e. The molecule has 2 aromatic heterocycles. The van der Waals surface area contributed by atoms with E-state index in [4.69, 9.17) is 0 Å². The van der Waals surface area contributed by atoms with E-state index in [2.05, 4.69) is 388 Å². The van der Waals surface area contributed by atoms with Gasteiger partial charge in [-0.05, 0) is 199 Å². The van der Waals surface area contributed by atoms with Crippen molar-refractivity contribution in [3.63, 3.8) is 0 Å². The molecular weight excluding hydrogens is 1250 g/mol. The second kappa shape index (κ2) is 24.1. The topological polar surface area (TPSA) is 9.86 Å². The van der Waals surface area contributed by atoms with E-state index in [9.17, 15) is 0 Å². The van der Waals surface area contributed by atoms with Gasteiger partial charge >= 0.3 is 0 Å². The van der Waals surface area contributed by atoms with Crippen molar-refractivity contribution in [1.29, 1.82) is 0 Å². The predicted octanol–water partition coefficient (Wildman–Crippen LogP) is 19.6. The maximum Gasteiger partial charge on any atom is 0.179 e. The summed E-state index contributed by atoms with van der Waals surface area (Å²) in [5.41, 5.74) is 26.6. The maximum absolute atomic E-state index is 2.67. The zero-order chi connectivity index (χ0) is 67.4. The quantitative estimate of drug-likeness (QED) is 0.0954. The van der Waals surface area contributed by atoms with Crippen LogP contribution in [0.15, 0.2) is 358 Å². The molecule has 0 fully saturated rings. The van der Waals surface area contributed by atoms with Crippen molar-refractivity contribution in [2.24, 2.45) is 0 Å². The van der Waals surface area contributed by atoms with Crippen LogP contribution in [0.2, 0.25) is 5.04 Å². The molecule has 3 aliphatic carbocycles. The summed E-state index contributed by atoms with van der Waals surface area (Å²) in [4.78, 5) is 0. The van der Waals surface area contributed by atoms with Gasteiger partial charge in [-0.15, -0.1) is 0 Å². The summed E-state index contributed by atoms with van der Waals surface area (Å²) in [7, 11) is -5.10. The molecule has 0 unspecified atom stereocenters. The molecule has 480 valence electrons. The summed E-state index contributed by atoms with van der Waals surface area (Å²) in [6, 6.07) is 135. The molecule has 0 saturated heterocycles. The normalized spacial score (nSPS) is 12.8. The Morgan fingerprint density at radius 1 is 0.228 bits per heavy atom. The first kappa shape index (κ1) is 60.5. The highest BCUT2D eigenvalue weighted by molar-refractivity contribution is 7.20. The lowest BCUT2D eigenvalue weighted by atomic mass is 9.97. The highest BCUT2D eigenvalue weighted by atomic mass is 28.3. The first-order valence-corrected chi connectivity index (χ1v) is 39.8. The molecule has 0 bridgehead atoms. The number of hydrogen-bond donors (Lipinski definition) is 0. The van der Waals surface area contributed by atoms with E-state index in [1.165, 1.54) is 169 Å². The Bertz CT molecular complexity index is 5890. The van der Waals surface area contributed by atoms with Gasteiger partial charge in [0.15, 0.2) is 16.1 Å². The van der Waals surface area contributed by atoms with Crippen molar-refractivity contribution in [3.8, 4) is 55.9 Å². The Balaban J connectivity index is 0.000000147. The minimum Gasteiger partial charge on any atom is -0.309 e. The lowest BCUT2D eigenvalue weighted by Crippen LogP contribution is -2.74. The molecule has 17 aromatic rings. The third-order valence-corrected chi connectivity index (χ3v) is 33.3. The van der Waals surface area contributed by atoms with Crippen LogP contribution in [0, 0.1) is 0 Å². The standard InChI is InChI=1S/C56H39NSi.C41H35NSi/c1-4-15-45(16-5-1)58(46-17-6-2-7-18-46,47-19-8-3-9-20-47)48-30-27-43-33-42-26-29-44(36-52(42)53(43)37-48)57-55-23-13-12-22-50(55)54-35-39(28-31-56(54)57)38-24-25-41-32-40-14-10-11-21-49(40)51(41)34-38;1-41(2,3)43(32-14-6-4-7-15-32,33-16-8-5-9-17-33)34-25-23-30-26-29-22-24-31(27-37(29)38(30)28-34)42-39-20-12-10-18-35(39)36-19-11-13-21-40(36)42/h1-31,34-37H,32-33H2;4-25,27-28H,26H2,1-3H3. The summed E-state index contributed by atoms with van der Waals surface area (Å²) in [5.74, 6) is 0. The summed E-state index contributed by atoms with van der Waals surface area (Å²) in [6.45, 7) is 7.34. The second-order valence-electron chi connectivity index (χ2n) is 29.0. The van der Waals surface area contributed by atoms with Crippen LogP contribution in [0.1, 0.15) is 54.2 Å². The van der Waals surface area contributed by atoms with Crippen LogP contribution in [0.3, 0.4) is 0 Å². The van der Waals surface area contributed by atoms with Gasteiger partial charge in [0, 0.05) is 32.9 Å². The second-order valence-corrected chi connectivity index (χ2v) is 37.6. The molecule has 0 amide bonds. The van der Waals surface area contributed by atoms with Crippen molar-refractivity contribution in [3.05, 3.63) is 391 Å². The van der Waals surface area contributed by atoms with E-state index in [1.807, 2.05) is 0 Å². The van der Waals surface area contributed by atoms with Crippen LogP contribution in [0.25, 0.3) is 99.5 Å². The maximum atomic E-state index is 2.56. The van der Waals surface area contributed by atoms with Crippen molar-refractivity contribution >= 4 is 96.1 Å². The molecule has 2 heterocycles. The molecular formula is C97H74N2Si2. The van der Waals surface area contributed by atoms with E-state index in [0.29, 0.717) is 0 Å². The van der Waals surface area contributed by atoms with Crippen molar-refractivity contribution in [2.45, 2.75) is 45.1 Å². The van der Waals surface area contributed by atoms with Crippen LogP contribution in [-0.4, -0.2) is 25.3 Å². The SMILES string of the molecule is CC(C)(C)[Si](c1ccccc1)(c1ccccc1)c1ccc2c(c1)-c1cc(-n3c4ccccc4c4ccccc43)ccc1C2.c1ccc([Si](c2ccccc2)(c2ccccc2)c2ccc3c(c2)-c2cc(-n4c5ccccc5c5cc(-c6ccc7c(c6)-c6ccccc6C7)ccc54)ccc2C3)cc1. The van der Waals surface area contributed by atoms with Crippen molar-refractivity contribution in [1.82, 2.24) is 9.13 Å². The highest BCUT2D eigenvalue weighted by Crippen LogP contribution is 2.45. The first-order chi connectivity index (χ1) is 49.7. The molecule has 4 heteroatoms. The number of para-hydroxylation sites is 3. The van der Waals surface area contributed by atoms with Gasteiger partial charge in [-0.25, -0.2) is 0 Å². The van der Waals surface area contributed by atoms with Crippen LogP contribution in [0.5, 0.6) is 0 Å². The van der Waals surface area contributed by atoms with Crippen molar-refractivity contribution < 1.29 is 0 Å². The third-order valence-electron chi connectivity index (χ3n) is 22.7. The lowest BCUT2D eigenvalue weighted by Gasteiger charge is -2.44. The van der Waals surface area contributed by atoms with Gasteiger partial charge in [0.25, 0.3) is 0 Å². The van der Waals surface area contributed by atoms with E-state index in [-0.39, 0.29) is 5.04 Å². The Hall–Kier alpha value is -11.7. The Morgan fingerprint density at radius 3 is 1.03 bits per heavy atom. The first-order valence-electron chi connectivity index (χ1n) is 35.8. The molecule has 0 atom stereocenters. The van der Waals surface area contributed by atoms with Crippen molar-refractivity contribution in [2.75, 3.05) is 0 Å². The van der Waals surface area contributed by atoms with Crippen LogP contribution >= 0.6 is 0 Å². The molecule has 3 aliphatic rings. The third kappa shape index (κ3) is 9.64. The molecule has 0 N–H and O–H groups in total. The molecule has 0 saturated carbocycles. The fourth-order valence-electron chi connectivity index (χ4n) is 18.2. The number of benzene rings is 15. The number of rotatable bonds is 10. The van der Waals surface area contributed by atoms with E-state index in [1.54, 1.807) is 0 Å². The van der Waals surface area contributed by atoms with Gasteiger partial charge in [0.05, 0.1) is 22.1 Å². The number of nitrogens with zero attached hydrogens (tertiary/aromatic N) is 2. The minimum atomic E-state index is -2.67. The van der Waals surface area contributed by atoms with E-state index in [0.717, 1.165) is 19.3 Å². The summed E-state index contributed by atoms with van der Waals surface area (Å²) >= 11 is 0. The van der Waals surface area contributed by atoms with Gasteiger partial charge < -0.3 is 9.13 Å². The van der Waals surface area contributed by atoms with E-state index < -0.39 is 16.1 Å². The van der Waals surface area contributed by atoms with Gasteiger partial charge in [0.2, 0.25) is 0 Å². The predicted molar refractivity (Wildman–Crippen MR) is 433 cm³/mol. The summed E-state index contributed by atoms with van der Waals surface area (Å²) < 4.78 is 4.92. The molecule has 15 aromatic carbocycles. The molecule has 2 nitrogen and oxygen atoms in total. The monoisotopic (exact) mass is 1320 g/mol. The number of hydrogen-bond acceptors (Lipinski definition) is 0. The minimum absolute atomic E-state index is 0.0518. The lowest BCUT2D eigenvalue weighted by molar-refractivity contribution is 0.739. The fourth-order valence-corrected chi connectivity index (χ4v) is 28.7. The van der Waals surface area contributed by atoms with Gasteiger partial charge in [-0.3, -0.25) is 0 Å². The number of fused-ring (bicyclic) bond motifs is 15. The molecule has 0 aliphatic heterocycles. The molecule has 0 radical (unpaired) electrons. The van der Waals surface area contributed by atoms with Crippen LogP contribution in [-0.2, 0) is 19.3 Å². The molecule has 101 heavy (non-hydrogen) atoms. The van der Waals surface area contributed by atoms with Gasteiger partial charge in [-0.1, -0.05) is 318 Å². The molecule has 0 spiro atoms. The smallest absolute Gasteiger partial charge is 0.179 e. The van der Waals surface area contributed by atoms with Crippen LogP contribution in [0.4, 0.5) is 0 Å². The van der Waals surface area contributed by atoms with Crippen LogP contribution < -0.4 is 36.3 Å². The Kier molecular flexibility index (Phi) is 14.4. The molecule has 20 rings (SSSR count). The average molecular weight is 1320 g/mol. The van der Waals surface area contributed by atoms with Gasteiger partial charge in [-0.2, -0.15) is 0 Å². The highest BCUT2D eigenvalue weighted by Gasteiger charge is 2.50. The zero-order valence-corrected chi connectivity index (χ0v) is 59.1. The Morgan fingerprint density at radius 2 is 0.554 bits per heavy atom.